The Morgan fingerprint density at radius 2 is 1.81 bits per heavy atom. The minimum atomic E-state index is -0.537. The minimum absolute atomic E-state index is 0. The van der Waals surface area contributed by atoms with E-state index in [1.54, 1.807) is 54.6 Å². The number of nitrogens with zero attached hydrogens (tertiary/aromatic N) is 5. The molecule has 3 aromatic heterocycles. The molecule has 0 aliphatic rings. The third-order valence-corrected chi connectivity index (χ3v) is 5.04. The highest BCUT2D eigenvalue weighted by molar-refractivity contribution is 6.30. The van der Waals surface area contributed by atoms with Gasteiger partial charge in [-0.3, -0.25) is 19.3 Å². The van der Waals surface area contributed by atoms with Crippen molar-refractivity contribution in [3.05, 3.63) is 93.8 Å². The molecule has 1 N–H and O–H groups in total. The minimum Gasteiger partial charge on any atom is -0.345 e. The quantitative estimate of drug-likeness (QED) is 0.480. The third-order valence-electron chi connectivity index (χ3n) is 4.79. The Hall–Kier alpha value is -3.49. The molecular weight excluding hydrogens is 451 g/mol. The molecule has 0 aliphatic carbocycles. The molecule has 0 radical (unpaired) electrons. The van der Waals surface area contributed by atoms with Crippen LogP contribution in [0.15, 0.2) is 72.0 Å². The summed E-state index contributed by atoms with van der Waals surface area (Å²) in [7, 11) is 1.74. The number of amides is 1. The van der Waals surface area contributed by atoms with E-state index >= 15 is 0 Å². The SMILES string of the molecule is C[C@H](NC(=O)c1cc(-c2ccc(Cl)cc2)nn(-c2cnn(C)c2)c1=O)c1ccncc1.Cl. The van der Waals surface area contributed by atoms with Gasteiger partial charge in [-0.1, -0.05) is 23.7 Å². The van der Waals surface area contributed by atoms with Gasteiger partial charge < -0.3 is 5.32 Å². The summed E-state index contributed by atoms with van der Waals surface area (Å²) in [6, 6.07) is 11.8. The second-order valence-electron chi connectivity index (χ2n) is 7.02. The van der Waals surface area contributed by atoms with Crippen molar-refractivity contribution in [1.82, 2.24) is 29.9 Å². The van der Waals surface area contributed by atoms with Gasteiger partial charge in [-0.15, -0.1) is 12.4 Å². The van der Waals surface area contributed by atoms with Gasteiger partial charge in [0.25, 0.3) is 11.5 Å². The summed E-state index contributed by atoms with van der Waals surface area (Å²) in [6.07, 6.45) is 6.47. The lowest BCUT2D eigenvalue weighted by Gasteiger charge is -2.15. The zero-order valence-electron chi connectivity index (χ0n) is 17.3. The Balaban J connectivity index is 0.00000289. The molecule has 0 fully saturated rings. The topological polar surface area (TPSA) is 94.7 Å². The van der Waals surface area contributed by atoms with Gasteiger partial charge >= 0.3 is 0 Å². The number of aryl methyl sites for hydroxylation is 1. The van der Waals surface area contributed by atoms with Crippen molar-refractivity contribution >= 4 is 29.9 Å². The average molecular weight is 471 g/mol. The van der Waals surface area contributed by atoms with Crippen molar-refractivity contribution in [2.24, 2.45) is 7.05 Å². The summed E-state index contributed by atoms with van der Waals surface area (Å²) < 4.78 is 2.74. The van der Waals surface area contributed by atoms with Crippen LogP contribution in [0.1, 0.15) is 28.9 Å². The van der Waals surface area contributed by atoms with Crippen LogP contribution in [0.25, 0.3) is 16.9 Å². The first-order chi connectivity index (χ1) is 14.9. The van der Waals surface area contributed by atoms with Crippen molar-refractivity contribution in [3.8, 4) is 16.9 Å². The van der Waals surface area contributed by atoms with Crippen LogP contribution in [0.5, 0.6) is 0 Å². The number of carbonyl (C=O) groups excluding carboxylic acids is 1. The molecule has 164 valence electrons. The van der Waals surface area contributed by atoms with Crippen molar-refractivity contribution in [2.45, 2.75) is 13.0 Å². The van der Waals surface area contributed by atoms with Crippen LogP contribution in [-0.2, 0) is 7.05 Å². The largest absolute Gasteiger partial charge is 0.345 e. The fraction of sp³-hybridized carbons (Fsp3) is 0.136. The number of hydrogen-bond acceptors (Lipinski definition) is 5. The van der Waals surface area contributed by atoms with Gasteiger partial charge in [0.05, 0.1) is 24.1 Å². The second kappa shape index (κ2) is 9.76. The zero-order chi connectivity index (χ0) is 22.0. The zero-order valence-corrected chi connectivity index (χ0v) is 18.8. The van der Waals surface area contributed by atoms with E-state index in [-0.39, 0.29) is 24.0 Å². The van der Waals surface area contributed by atoms with E-state index in [0.717, 1.165) is 11.1 Å². The van der Waals surface area contributed by atoms with Gasteiger partial charge in [0.15, 0.2) is 0 Å². The maximum atomic E-state index is 13.1. The molecule has 0 aliphatic heterocycles. The highest BCUT2D eigenvalue weighted by atomic mass is 35.5. The van der Waals surface area contributed by atoms with E-state index < -0.39 is 11.5 Å². The van der Waals surface area contributed by atoms with Crippen LogP contribution in [0, 0.1) is 0 Å². The molecule has 0 bridgehead atoms. The number of hydrogen-bond donors (Lipinski definition) is 1. The molecule has 4 rings (SSSR count). The Labute approximate surface area is 195 Å². The highest BCUT2D eigenvalue weighted by Crippen LogP contribution is 2.21. The summed E-state index contributed by atoms with van der Waals surface area (Å²) in [5.41, 5.74) is 1.96. The number of halogens is 2. The van der Waals surface area contributed by atoms with E-state index in [2.05, 4.69) is 20.5 Å². The monoisotopic (exact) mass is 470 g/mol. The number of rotatable bonds is 5. The van der Waals surface area contributed by atoms with Crippen LogP contribution >= 0.6 is 24.0 Å². The lowest BCUT2D eigenvalue weighted by Crippen LogP contribution is -2.35. The summed E-state index contributed by atoms with van der Waals surface area (Å²) in [5.74, 6) is -0.496. The Morgan fingerprint density at radius 3 is 2.44 bits per heavy atom. The van der Waals surface area contributed by atoms with Crippen molar-refractivity contribution < 1.29 is 4.79 Å². The molecular formula is C22H20Cl2N6O2. The average Bonchev–Trinajstić information content (AvgIpc) is 3.21. The number of carbonyl (C=O) groups is 1. The van der Waals surface area contributed by atoms with Crippen molar-refractivity contribution in [3.63, 3.8) is 0 Å². The van der Waals surface area contributed by atoms with Crippen LogP contribution < -0.4 is 10.9 Å². The number of pyridine rings is 1. The lowest BCUT2D eigenvalue weighted by molar-refractivity contribution is 0.0937. The highest BCUT2D eigenvalue weighted by Gasteiger charge is 2.20. The Morgan fingerprint density at radius 1 is 1.12 bits per heavy atom. The fourth-order valence-corrected chi connectivity index (χ4v) is 3.25. The van der Waals surface area contributed by atoms with E-state index in [4.69, 9.17) is 11.6 Å². The molecule has 32 heavy (non-hydrogen) atoms. The van der Waals surface area contributed by atoms with Gasteiger partial charge in [-0.05, 0) is 42.8 Å². The first-order valence-corrected chi connectivity index (χ1v) is 9.90. The maximum absolute atomic E-state index is 13.1. The summed E-state index contributed by atoms with van der Waals surface area (Å²) in [6.45, 7) is 1.84. The molecule has 10 heteroatoms. The van der Waals surface area contributed by atoms with Crippen molar-refractivity contribution in [1.29, 1.82) is 0 Å². The summed E-state index contributed by atoms with van der Waals surface area (Å²) >= 11 is 6.00. The normalized spacial score (nSPS) is 11.5. The van der Waals surface area contributed by atoms with Gasteiger partial charge in [0.2, 0.25) is 0 Å². The molecule has 0 spiro atoms. The van der Waals surface area contributed by atoms with Crippen LogP contribution in [0.3, 0.4) is 0 Å². The molecule has 1 aromatic carbocycles. The molecule has 3 heterocycles. The first-order valence-electron chi connectivity index (χ1n) is 9.52. The fourth-order valence-electron chi connectivity index (χ4n) is 3.12. The van der Waals surface area contributed by atoms with Crippen LogP contribution in [0.4, 0.5) is 0 Å². The van der Waals surface area contributed by atoms with Crippen LogP contribution in [-0.4, -0.2) is 30.5 Å². The molecule has 0 saturated carbocycles. The van der Waals surface area contributed by atoms with Crippen LogP contribution in [0.2, 0.25) is 5.02 Å². The summed E-state index contributed by atoms with van der Waals surface area (Å²) in [4.78, 5) is 30.2. The lowest BCUT2D eigenvalue weighted by atomic mass is 10.1. The molecule has 4 aromatic rings. The van der Waals surface area contributed by atoms with Gasteiger partial charge in [-0.2, -0.15) is 14.9 Å². The van der Waals surface area contributed by atoms with Crippen molar-refractivity contribution in [2.75, 3.05) is 0 Å². The molecule has 0 unspecified atom stereocenters. The van der Waals surface area contributed by atoms with E-state index in [0.29, 0.717) is 16.4 Å². The molecule has 0 saturated heterocycles. The number of aromatic nitrogens is 5. The van der Waals surface area contributed by atoms with E-state index in [1.807, 2.05) is 19.1 Å². The third kappa shape index (κ3) is 4.87. The maximum Gasteiger partial charge on any atom is 0.284 e. The summed E-state index contributed by atoms with van der Waals surface area (Å²) in [5, 5.41) is 12.0. The molecule has 1 amide bonds. The number of benzene rings is 1. The Kier molecular flexibility index (Phi) is 7.07. The Bertz CT molecular complexity index is 1290. The van der Waals surface area contributed by atoms with E-state index in [9.17, 15) is 9.59 Å². The standard InChI is InChI=1S/C22H19ClN6O2.ClH/c1-14(15-7-9-24-10-8-15)26-21(30)19-11-20(16-3-5-17(23)6-4-16)27-29(22(19)31)18-12-25-28(2)13-18;/h3-14H,1-2H3,(H,26,30);1H/t14-;/m0./s1. The van der Waals surface area contributed by atoms with Gasteiger partial charge in [-0.25, -0.2) is 0 Å². The van der Waals surface area contributed by atoms with Gasteiger partial charge in [0.1, 0.15) is 11.3 Å². The second-order valence-corrected chi connectivity index (χ2v) is 7.45. The first kappa shape index (κ1) is 23.2. The van der Waals surface area contributed by atoms with E-state index in [1.165, 1.54) is 16.9 Å². The molecule has 1 atom stereocenters. The molecule has 8 nitrogen and oxygen atoms in total. The predicted molar refractivity (Wildman–Crippen MR) is 124 cm³/mol. The smallest absolute Gasteiger partial charge is 0.284 e. The predicted octanol–water partition coefficient (Wildman–Crippen LogP) is 3.59. The number of nitrogens with one attached hydrogen (secondary N) is 1. The van der Waals surface area contributed by atoms with Gasteiger partial charge in [0, 0.05) is 30.0 Å².